The Morgan fingerprint density at radius 2 is 1.76 bits per heavy atom. The minimum Gasteiger partial charge on any atom is -0.489 e. The third-order valence-corrected chi connectivity index (χ3v) is 6.21. The molecule has 0 spiro atoms. The van der Waals surface area contributed by atoms with Crippen LogP contribution in [0.4, 0.5) is 5.69 Å². The Hall–Kier alpha value is -3.59. The van der Waals surface area contributed by atoms with Crippen LogP contribution in [0.25, 0.3) is 0 Å². The minimum atomic E-state index is -0.738. The Balaban J connectivity index is 1.30. The van der Waals surface area contributed by atoms with Gasteiger partial charge in [0.15, 0.2) is 0 Å². The molecule has 37 heavy (non-hydrogen) atoms. The molecule has 1 aliphatic heterocycles. The molecule has 3 aromatic rings. The highest BCUT2D eigenvalue weighted by molar-refractivity contribution is 6.30. The second kappa shape index (κ2) is 12.6. The van der Waals surface area contributed by atoms with Crippen molar-refractivity contribution in [3.63, 3.8) is 0 Å². The maximum Gasteiger partial charge on any atom is 0.338 e. The van der Waals surface area contributed by atoms with Crippen molar-refractivity contribution in [2.45, 2.75) is 18.6 Å². The fourth-order valence-electron chi connectivity index (χ4n) is 4.16. The van der Waals surface area contributed by atoms with Crippen LogP contribution in [0.15, 0.2) is 72.8 Å². The van der Waals surface area contributed by atoms with E-state index in [-0.39, 0.29) is 23.8 Å². The second-order valence-corrected chi connectivity index (χ2v) is 9.13. The van der Waals surface area contributed by atoms with Crippen molar-refractivity contribution < 1.29 is 28.9 Å². The van der Waals surface area contributed by atoms with Crippen LogP contribution in [0.5, 0.6) is 11.5 Å². The summed E-state index contributed by atoms with van der Waals surface area (Å²) in [5, 5.41) is 14.0. The van der Waals surface area contributed by atoms with Crippen LogP contribution in [0.2, 0.25) is 5.02 Å². The standard InChI is InChI=1S/C28H29ClN2O6/c1-35-28(34)24-7-3-2-6-23(24)27(33)30-25-8-4-5-9-26(25)36-18-20(32)16-31-15-14-22(17-31)37-21-12-10-19(29)11-13-21/h2-13,20,22,32H,14-18H2,1H3,(H,30,33). The average molecular weight is 525 g/mol. The van der Waals surface area contributed by atoms with Gasteiger partial charge in [0.1, 0.15) is 30.3 Å². The molecule has 1 aliphatic rings. The summed E-state index contributed by atoms with van der Waals surface area (Å²) in [6.45, 7) is 1.99. The van der Waals surface area contributed by atoms with E-state index >= 15 is 0 Å². The first-order valence-corrected chi connectivity index (χ1v) is 12.3. The van der Waals surface area contributed by atoms with Crippen LogP contribution in [-0.4, -0.2) is 67.4 Å². The molecule has 8 nitrogen and oxygen atoms in total. The number of β-amino-alcohol motifs (C(OH)–C–C–N with tert-alkyl or cyclic N) is 1. The average Bonchev–Trinajstić information content (AvgIpc) is 3.35. The summed E-state index contributed by atoms with van der Waals surface area (Å²) < 4.78 is 16.6. The zero-order valence-electron chi connectivity index (χ0n) is 20.4. The van der Waals surface area contributed by atoms with E-state index in [1.165, 1.54) is 13.2 Å². The van der Waals surface area contributed by atoms with Gasteiger partial charge in [-0.3, -0.25) is 9.69 Å². The van der Waals surface area contributed by atoms with Crippen molar-refractivity contribution in [3.05, 3.63) is 88.9 Å². The molecule has 1 amide bonds. The number of hydrogen-bond acceptors (Lipinski definition) is 7. The first-order valence-electron chi connectivity index (χ1n) is 12.0. The molecule has 0 radical (unpaired) electrons. The second-order valence-electron chi connectivity index (χ2n) is 8.69. The quantitative estimate of drug-likeness (QED) is 0.382. The predicted octanol–water partition coefficient (Wildman–Crippen LogP) is 4.27. The lowest BCUT2D eigenvalue weighted by Crippen LogP contribution is -2.35. The van der Waals surface area contributed by atoms with E-state index < -0.39 is 18.0 Å². The number of para-hydroxylation sites is 2. The van der Waals surface area contributed by atoms with Gasteiger partial charge in [-0.2, -0.15) is 0 Å². The predicted molar refractivity (Wildman–Crippen MR) is 141 cm³/mol. The maximum absolute atomic E-state index is 12.9. The number of nitrogens with zero attached hydrogens (tertiary/aromatic N) is 1. The van der Waals surface area contributed by atoms with Crippen molar-refractivity contribution in [3.8, 4) is 11.5 Å². The van der Waals surface area contributed by atoms with E-state index in [2.05, 4.69) is 10.2 Å². The molecule has 1 saturated heterocycles. The molecular formula is C28H29ClN2O6. The molecule has 4 rings (SSSR count). The molecule has 1 fully saturated rings. The van der Waals surface area contributed by atoms with Gasteiger partial charge in [-0.15, -0.1) is 0 Å². The Bertz CT molecular complexity index is 1220. The van der Waals surface area contributed by atoms with Crippen LogP contribution in [0.3, 0.4) is 0 Å². The topological polar surface area (TPSA) is 97.3 Å². The normalized spacial score (nSPS) is 16.1. The lowest BCUT2D eigenvalue weighted by atomic mass is 10.1. The van der Waals surface area contributed by atoms with Crippen LogP contribution in [0, 0.1) is 0 Å². The number of esters is 1. The van der Waals surface area contributed by atoms with E-state index in [1.54, 1.807) is 54.6 Å². The number of carbonyl (C=O) groups excluding carboxylic acids is 2. The number of aliphatic hydroxyl groups is 1. The largest absolute Gasteiger partial charge is 0.489 e. The third-order valence-electron chi connectivity index (χ3n) is 5.96. The zero-order chi connectivity index (χ0) is 26.2. The fraction of sp³-hybridized carbons (Fsp3) is 0.286. The lowest BCUT2D eigenvalue weighted by Gasteiger charge is -2.21. The van der Waals surface area contributed by atoms with Gasteiger partial charge in [0.25, 0.3) is 5.91 Å². The van der Waals surface area contributed by atoms with E-state index in [9.17, 15) is 14.7 Å². The lowest BCUT2D eigenvalue weighted by molar-refractivity contribution is 0.0597. The minimum absolute atomic E-state index is 0.0399. The summed E-state index contributed by atoms with van der Waals surface area (Å²) in [6.07, 6.45) is 0.161. The summed E-state index contributed by atoms with van der Waals surface area (Å²) in [7, 11) is 1.26. The monoisotopic (exact) mass is 524 g/mol. The first-order chi connectivity index (χ1) is 17.9. The summed E-state index contributed by atoms with van der Waals surface area (Å²) in [4.78, 5) is 27.1. The number of rotatable bonds is 10. The number of nitrogens with one attached hydrogen (secondary N) is 1. The SMILES string of the molecule is COC(=O)c1ccccc1C(=O)Nc1ccccc1OCC(O)CN1CCC(Oc2ccc(Cl)cc2)C1. The highest BCUT2D eigenvalue weighted by atomic mass is 35.5. The van der Waals surface area contributed by atoms with E-state index in [4.69, 9.17) is 25.8 Å². The molecule has 0 aliphatic carbocycles. The summed E-state index contributed by atoms with van der Waals surface area (Å²) >= 11 is 5.93. The van der Waals surface area contributed by atoms with Crippen molar-refractivity contribution in [1.82, 2.24) is 4.90 Å². The number of hydrogen-bond donors (Lipinski definition) is 2. The summed E-state index contributed by atoms with van der Waals surface area (Å²) in [6, 6.07) is 20.6. The van der Waals surface area contributed by atoms with Crippen LogP contribution in [-0.2, 0) is 4.74 Å². The Kier molecular flexibility index (Phi) is 9.00. The molecule has 0 aromatic heterocycles. The maximum atomic E-state index is 12.9. The summed E-state index contributed by atoms with van der Waals surface area (Å²) in [5.41, 5.74) is 0.783. The van der Waals surface area contributed by atoms with Crippen molar-refractivity contribution >= 4 is 29.2 Å². The molecule has 1 heterocycles. The number of halogens is 1. The van der Waals surface area contributed by atoms with Gasteiger partial charge in [0, 0.05) is 24.7 Å². The van der Waals surface area contributed by atoms with Crippen LogP contribution < -0.4 is 14.8 Å². The summed E-state index contributed by atoms with van der Waals surface area (Å²) in [5.74, 6) is 0.117. The fourth-order valence-corrected chi connectivity index (χ4v) is 4.28. The molecule has 3 aromatic carbocycles. The number of methoxy groups -OCH3 is 1. The first kappa shape index (κ1) is 26.5. The smallest absolute Gasteiger partial charge is 0.338 e. The number of aliphatic hydroxyl groups excluding tert-OH is 1. The molecule has 0 bridgehead atoms. The van der Waals surface area contributed by atoms with Gasteiger partial charge in [0.2, 0.25) is 0 Å². The molecule has 2 unspecified atom stereocenters. The van der Waals surface area contributed by atoms with Crippen LogP contribution in [0.1, 0.15) is 27.1 Å². The molecular weight excluding hydrogens is 496 g/mol. The van der Waals surface area contributed by atoms with Gasteiger partial charge in [0.05, 0.1) is 23.9 Å². The van der Waals surface area contributed by atoms with Gasteiger partial charge < -0.3 is 24.6 Å². The van der Waals surface area contributed by atoms with Crippen molar-refractivity contribution in [2.75, 3.05) is 38.7 Å². The molecule has 0 saturated carbocycles. The molecule has 2 N–H and O–H groups in total. The Morgan fingerprint density at radius 3 is 2.51 bits per heavy atom. The van der Waals surface area contributed by atoms with Gasteiger partial charge >= 0.3 is 5.97 Å². The highest BCUT2D eigenvalue weighted by Gasteiger charge is 2.26. The highest BCUT2D eigenvalue weighted by Crippen LogP contribution is 2.26. The van der Waals surface area contributed by atoms with E-state index in [1.807, 2.05) is 12.1 Å². The van der Waals surface area contributed by atoms with Gasteiger partial charge in [-0.1, -0.05) is 35.9 Å². The van der Waals surface area contributed by atoms with Gasteiger partial charge in [-0.25, -0.2) is 4.79 Å². The zero-order valence-corrected chi connectivity index (χ0v) is 21.2. The Labute approximate surface area is 220 Å². The molecule has 9 heteroatoms. The number of benzene rings is 3. The number of anilines is 1. The van der Waals surface area contributed by atoms with Gasteiger partial charge in [-0.05, 0) is 55.0 Å². The third kappa shape index (κ3) is 7.22. The van der Waals surface area contributed by atoms with Crippen LogP contribution >= 0.6 is 11.6 Å². The number of likely N-dealkylation sites (tertiary alicyclic amines) is 1. The number of carbonyl (C=O) groups is 2. The molecule has 2 atom stereocenters. The number of ether oxygens (including phenoxy) is 3. The van der Waals surface area contributed by atoms with Crippen molar-refractivity contribution in [1.29, 1.82) is 0 Å². The van der Waals surface area contributed by atoms with E-state index in [0.717, 1.165) is 18.7 Å². The van der Waals surface area contributed by atoms with Crippen molar-refractivity contribution in [2.24, 2.45) is 0 Å². The number of amides is 1. The van der Waals surface area contributed by atoms with E-state index in [0.29, 0.717) is 29.5 Å². The molecule has 194 valence electrons. The Morgan fingerprint density at radius 1 is 1.05 bits per heavy atom.